The Labute approximate surface area is 169 Å². The van der Waals surface area contributed by atoms with E-state index in [9.17, 15) is 19.8 Å². The lowest BCUT2D eigenvalue weighted by Gasteiger charge is -2.23. The van der Waals surface area contributed by atoms with E-state index in [2.05, 4.69) is 5.32 Å². The van der Waals surface area contributed by atoms with E-state index < -0.39 is 18.0 Å². The molecule has 0 saturated heterocycles. The van der Waals surface area contributed by atoms with Crippen molar-refractivity contribution in [1.29, 1.82) is 0 Å². The summed E-state index contributed by atoms with van der Waals surface area (Å²) < 4.78 is 4.84. The second-order valence-electron chi connectivity index (χ2n) is 6.44. The van der Waals surface area contributed by atoms with Gasteiger partial charge in [0.05, 0.1) is 13.7 Å². The highest BCUT2D eigenvalue weighted by molar-refractivity contribution is 5.76. The number of phenolic OH excluding ortho intramolecular Hbond substituents is 2. The summed E-state index contributed by atoms with van der Waals surface area (Å²) in [5.74, 6) is -0.749. The van der Waals surface area contributed by atoms with Gasteiger partial charge in [0.25, 0.3) is 0 Å². The van der Waals surface area contributed by atoms with Crippen LogP contribution in [0.1, 0.15) is 18.1 Å². The highest BCUT2D eigenvalue weighted by atomic mass is 16.7. The molecule has 1 atom stereocenters. The van der Waals surface area contributed by atoms with Crippen LogP contribution in [0.4, 0.5) is 0 Å². The van der Waals surface area contributed by atoms with Crippen molar-refractivity contribution >= 4 is 11.9 Å². The molecule has 0 aliphatic heterocycles. The summed E-state index contributed by atoms with van der Waals surface area (Å²) in [7, 11) is 1.30. The third kappa shape index (κ3) is 7.10. The number of carbonyl (C=O) groups is 2. The quantitative estimate of drug-likeness (QED) is 0.408. The minimum absolute atomic E-state index is 0.101. The lowest BCUT2D eigenvalue weighted by Crippen LogP contribution is -2.43. The van der Waals surface area contributed by atoms with Gasteiger partial charge < -0.3 is 25.1 Å². The van der Waals surface area contributed by atoms with E-state index in [4.69, 9.17) is 9.57 Å². The molecule has 8 nitrogen and oxygen atoms in total. The van der Waals surface area contributed by atoms with Gasteiger partial charge in [-0.2, -0.15) is 0 Å². The molecule has 0 aliphatic rings. The first kappa shape index (κ1) is 22.2. The maximum Gasteiger partial charge on any atom is 0.323 e. The fourth-order valence-corrected chi connectivity index (χ4v) is 2.82. The van der Waals surface area contributed by atoms with E-state index in [0.29, 0.717) is 17.7 Å². The summed E-state index contributed by atoms with van der Waals surface area (Å²) in [6.45, 7) is 2.05. The Morgan fingerprint density at radius 2 is 1.62 bits per heavy atom. The third-order valence-electron chi connectivity index (χ3n) is 4.25. The first-order valence-corrected chi connectivity index (χ1v) is 9.19. The third-order valence-corrected chi connectivity index (χ3v) is 4.25. The number of carbonyl (C=O) groups excluding carboxylic acids is 2. The second kappa shape index (κ2) is 11.0. The lowest BCUT2D eigenvalue weighted by atomic mass is 10.0. The van der Waals surface area contributed by atoms with E-state index in [1.807, 2.05) is 0 Å². The summed E-state index contributed by atoms with van der Waals surface area (Å²) in [6.07, 6.45) is 0.242. The average molecular weight is 402 g/mol. The zero-order valence-electron chi connectivity index (χ0n) is 16.5. The summed E-state index contributed by atoms with van der Waals surface area (Å²) in [6, 6.07) is 12.9. The van der Waals surface area contributed by atoms with E-state index in [-0.39, 0.29) is 31.0 Å². The lowest BCUT2D eigenvalue weighted by molar-refractivity contribution is -0.190. The zero-order valence-corrected chi connectivity index (χ0v) is 16.5. The maximum absolute atomic E-state index is 12.1. The van der Waals surface area contributed by atoms with E-state index in [1.165, 1.54) is 19.1 Å². The van der Waals surface area contributed by atoms with Gasteiger partial charge in [0, 0.05) is 32.0 Å². The molecule has 0 amide bonds. The van der Waals surface area contributed by atoms with Gasteiger partial charge in [-0.25, -0.2) is 0 Å². The standard InChI is InChI=1S/C21H26N2O6/c1-15(24)29-23(14-17-8-4-6-10-20(17)26)12-11-22-18(21(27)28-2)13-16-7-3-5-9-19(16)25/h3-10,18,22,25-26H,11-14H2,1-2H3. The number of benzene rings is 2. The number of para-hydroxylation sites is 2. The van der Waals surface area contributed by atoms with Gasteiger partial charge in [0.15, 0.2) is 0 Å². The molecular weight excluding hydrogens is 376 g/mol. The van der Waals surface area contributed by atoms with Crippen LogP contribution in [-0.4, -0.2) is 53.5 Å². The van der Waals surface area contributed by atoms with Crippen molar-refractivity contribution in [2.75, 3.05) is 20.2 Å². The molecule has 0 aliphatic carbocycles. The van der Waals surface area contributed by atoms with Crippen LogP contribution in [0, 0.1) is 0 Å². The van der Waals surface area contributed by atoms with Crippen LogP contribution in [0.2, 0.25) is 0 Å². The zero-order chi connectivity index (χ0) is 21.2. The van der Waals surface area contributed by atoms with Crippen molar-refractivity contribution in [3.8, 4) is 11.5 Å². The average Bonchev–Trinajstić information content (AvgIpc) is 2.69. The molecule has 2 aromatic carbocycles. The van der Waals surface area contributed by atoms with Gasteiger partial charge in [-0.1, -0.05) is 36.4 Å². The van der Waals surface area contributed by atoms with Crippen LogP contribution in [0.3, 0.4) is 0 Å². The molecule has 0 heterocycles. The number of ether oxygens (including phenoxy) is 1. The Kier molecular flexibility index (Phi) is 8.45. The van der Waals surface area contributed by atoms with Crippen LogP contribution >= 0.6 is 0 Å². The van der Waals surface area contributed by atoms with Gasteiger partial charge in [-0.05, 0) is 17.7 Å². The van der Waals surface area contributed by atoms with E-state index in [0.717, 1.165) is 0 Å². The number of aromatic hydroxyl groups is 2. The molecule has 0 bridgehead atoms. The fourth-order valence-electron chi connectivity index (χ4n) is 2.82. The number of nitrogens with one attached hydrogen (secondary N) is 1. The number of esters is 1. The number of rotatable bonds is 10. The van der Waals surface area contributed by atoms with Gasteiger partial charge >= 0.3 is 11.9 Å². The predicted octanol–water partition coefficient (Wildman–Crippen LogP) is 1.75. The number of hydrogen-bond acceptors (Lipinski definition) is 8. The topological polar surface area (TPSA) is 108 Å². The number of methoxy groups -OCH3 is 1. The Bertz CT molecular complexity index is 826. The molecule has 0 spiro atoms. The largest absolute Gasteiger partial charge is 0.508 e. The van der Waals surface area contributed by atoms with Crippen molar-refractivity contribution in [2.24, 2.45) is 0 Å². The summed E-state index contributed by atoms with van der Waals surface area (Å²) in [5.41, 5.74) is 1.22. The van der Waals surface area contributed by atoms with Gasteiger partial charge in [-0.15, -0.1) is 5.06 Å². The highest BCUT2D eigenvalue weighted by Gasteiger charge is 2.21. The monoisotopic (exact) mass is 402 g/mol. The number of hydrogen-bond donors (Lipinski definition) is 3. The minimum atomic E-state index is -0.683. The first-order chi connectivity index (χ1) is 13.9. The molecule has 2 rings (SSSR count). The first-order valence-electron chi connectivity index (χ1n) is 9.19. The van der Waals surface area contributed by atoms with Crippen molar-refractivity contribution < 1.29 is 29.4 Å². The second-order valence-corrected chi connectivity index (χ2v) is 6.44. The number of nitrogens with zero attached hydrogens (tertiary/aromatic N) is 1. The van der Waals surface area contributed by atoms with Crippen LogP contribution in [-0.2, 0) is 32.1 Å². The van der Waals surface area contributed by atoms with Crippen LogP contribution in [0.15, 0.2) is 48.5 Å². The molecule has 2 aromatic rings. The predicted molar refractivity (Wildman–Crippen MR) is 106 cm³/mol. The Morgan fingerprint density at radius 1 is 1.03 bits per heavy atom. The molecule has 0 radical (unpaired) electrons. The molecule has 0 saturated carbocycles. The molecule has 29 heavy (non-hydrogen) atoms. The van der Waals surface area contributed by atoms with Crippen molar-refractivity contribution in [3.05, 3.63) is 59.7 Å². The van der Waals surface area contributed by atoms with E-state index >= 15 is 0 Å². The molecular formula is C21H26N2O6. The minimum Gasteiger partial charge on any atom is -0.508 e. The summed E-state index contributed by atoms with van der Waals surface area (Å²) in [5, 5.41) is 24.4. The number of phenols is 2. The molecule has 8 heteroatoms. The molecule has 3 N–H and O–H groups in total. The Morgan fingerprint density at radius 3 is 2.17 bits per heavy atom. The van der Waals surface area contributed by atoms with Crippen molar-refractivity contribution in [1.82, 2.24) is 10.4 Å². The van der Waals surface area contributed by atoms with Crippen LogP contribution in [0.5, 0.6) is 11.5 Å². The van der Waals surface area contributed by atoms with Gasteiger partial charge in [0.2, 0.25) is 0 Å². The number of hydroxylamine groups is 2. The summed E-state index contributed by atoms with van der Waals surface area (Å²) in [4.78, 5) is 28.7. The summed E-state index contributed by atoms with van der Waals surface area (Å²) >= 11 is 0. The highest BCUT2D eigenvalue weighted by Crippen LogP contribution is 2.19. The van der Waals surface area contributed by atoms with Crippen molar-refractivity contribution in [2.45, 2.75) is 25.9 Å². The Hall–Kier alpha value is -3.10. The van der Waals surface area contributed by atoms with E-state index in [1.54, 1.807) is 48.5 Å². The van der Waals surface area contributed by atoms with Gasteiger partial charge in [-0.3, -0.25) is 9.59 Å². The maximum atomic E-state index is 12.1. The van der Waals surface area contributed by atoms with Crippen LogP contribution in [0.25, 0.3) is 0 Å². The SMILES string of the molecule is COC(=O)C(Cc1ccccc1O)NCCN(Cc1ccccc1O)OC(C)=O. The fraction of sp³-hybridized carbons (Fsp3) is 0.333. The Balaban J connectivity index is 2.00. The smallest absolute Gasteiger partial charge is 0.323 e. The molecule has 0 aromatic heterocycles. The molecule has 1 unspecified atom stereocenters. The van der Waals surface area contributed by atoms with Crippen molar-refractivity contribution in [3.63, 3.8) is 0 Å². The molecule has 0 fully saturated rings. The normalized spacial score (nSPS) is 11.8. The van der Waals surface area contributed by atoms with Crippen LogP contribution < -0.4 is 5.32 Å². The van der Waals surface area contributed by atoms with Gasteiger partial charge in [0.1, 0.15) is 17.5 Å². The molecule has 156 valence electrons.